The van der Waals surface area contributed by atoms with Crippen molar-refractivity contribution in [2.45, 2.75) is 19.9 Å². The van der Waals surface area contributed by atoms with E-state index in [0.29, 0.717) is 22.3 Å². The summed E-state index contributed by atoms with van der Waals surface area (Å²) in [4.78, 5) is 15.1. The van der Waals surface area contributed by atoms with Crippen molar-refractivity contribution in [2.75, 3.05) is 0 Å². The molecule has 0 saturated carbocycles. The molecule has 1 aromatic carbocycles. The predicted octanol–water partition coefficient (Wildman–Crippen LogP) is 2.69. The second kappa shape index (κ2) is 7.29. The van der Waals surface area contributed by atoms with Crippen molar-refractivity contribution in [3.8, 4) is 23.5 Å². The van der Waals surface area contributed by atoms with Crippen molar-refractivity contribution in [3.05, 3.63) is 53.7 Å². The zero-order chi connectivity index (χ0) is 16.8. The Kier molecular flexibility index (Phi) is 5.18. The molecule has 0 saturated heterocycles. The van der Waals surface area contributed by atoms with Crippen LogP contribution in [0.25, 0.3) is 0 Å². The van der Waals surface area contributed by atoms with Crippen LogP contribution in [0.3, 0.4) is 0 Å². The number of primary amides is 1. The maximum absolute atomic E-state index is 10.8. The number of rotatable bonds is 3. The normalized spacial score (nSPS) is 11.1. The average Bonchev–Trinajstić information content (AvgIpc) is 2.52. The Morgan fingerprint density at radius 3 is 2.78 bits per heavy atom. The van der Waals surface area contributed by atoms with Crippen molar-refractivity contribution >= 4 is 6.03 Å². The second-order valence-electron chi connectivity index (χ2n) is 4.88. The number of carbonyl (C=O) groups excluding carboxylic acids is 1. The van der Waals surface area contributed by atoms with Crippen molar-refractivity contribution in [1.29, 1.82) is 0 Å². The third kappa shape index (κ3) is 4.73. The molecule has 1 atom stereocenters. The quantitative estimate of drug-likeness (QED) is 0.518. The Balaban J connectivity index is 2.13. The first-order chi connectivity index (χ1) is 11.0. The number of nitrogens with zero attached hydrogens (tertiary/aromatic N) is 2. The molecular weight excluding hydrogens is 294 g/mol. The lowest BCUT2D eigenvalue weighted by Gasteiger charge is -2.14. The first-order valence-corrected chi connectivity index (χ1v) is 6.96. The van der Waals surface area contributed by atoms with Crippen LogP contribution in [0.15, 0.2) is 42.5 Å². The van der Waals surface area contributed by atoms with Gasteiger partial charge in [-0.1, -0.05) is 24.0 Å². The van der Waals surface area contributed by atoms with Crippen molar-refractivity contribution in [2.24, 2.45) is 5.73 Å². The van der Waals surface area contributed by atoms with Gasteiger partial charge in [-0.05, 0) is 38.1 Å². The minimum absolute atomic E-state index is 0.379. The highest BCUT2D eigenvalue weighted by molar-refractivity contribution is 5.71. The van der Waals surface area contributed by atoms with Gasteiger partial charge in [0.25, 0.3) is 0 Å². The predicted molar refractivity (Wildman–Crippen MR) is 85.0 cm³/mol. The summed E-state index contributed by atoms with van der Waals surface area (Å²) in [6, 6.07) is 11.0. The Morgan fingerprint density at radius 2 is 2.09 bits per heavy atom. The van der Waals surface area contributed by atoms with E-state index in [1.807, 2.05) is 19.1 Å². The lowest BCUT2D eigenvalue weighted by molar-refractivity contribution is -0.0536. The van der Waals surface area contributed by atoms with E-state index in [0.717, 1.165) is 5.69 Å². The fourth-order valence-electron chi connectivity index (χ4n) is 1.77. The summed E-state index contributed by atoms with van der Waals surface area (Å²) in [6.07, 6.45) is 0. The van der Waals surface area contributed by atoms with Crippen LogP contribution in [0.1, 0.15) is 18.2 Å². The molecule has 0 fully saturated rings. The lowest BCUT2D eigenvalue weighted by Crippen LogP contribution is -2.38. The van der Waals surface area contributed by atoms with E-state index in [1.165, 1.54) is 0 Å². The van der Waals surface area contributed by atoms with Gasteiger partial charge in [-0.2, -0.15) is 5.06 Å². The number of benzene rings is 1. The maximum Gasteiger partial charge on any atom is 0.339 e. The maximum atomic E-state index is 10.8. The smallest absolute Gasteiger partial charge is 0.339 e. The molecule has 0 aliphatic carbocycles. The molecule has 0 aliphatic heterocycles. The highest BCUT2D eigenvalue weighted by atomic mass is 16.5. The Bertz CT molecular complexity index is 765. The fourth-order valence-corrected chi connectivity index (χ4v) is 1.77. The van der Waals surface area contributed by atoms with Crippen molar-refractivity contribution in [1.82, 2.24) is 10.0 Å². The van der Waals surface area contributed by atoms with E-state index in [-0.39, 0.29) is 0 Å². The summed E-state index contributed by atoms with van der Waals surface area (Å²) in [7, 11) is 0. The van der Waals surface area contributed by atoms with Gasteiger partial charge < -0.3 is 10.5 Å². The third-order valence-electron chi connectivity index (χ3n) is 2.94. The monoisotopic (exact) mass is 311 g/mol. The van der Waals surface area contributed by atoms with Crippen LogP contribution in [-0.4, -0.2) is 27.3 Å². The van der Waals surface area contributed by atoms with Crippen LogP contribution in [0.5, 0.6) is 11.6 Å². The van der Waals surface area contributed by atoms with Crippen LogP contribution >= 0.6 is 0 Å². The minimum atomic E-state index is -0.950. The molecule has 0 bridgehead atoms. The van der Waals surface area contributed by atoms with E-state index >= 15 is 0 Å². The Morgan fingerprint density at radius 1 is 1.35 bits per heavy atom. The summed E-state index contributed by atoms with van der Waals surface area (Å²) >= 11 is 0. The standard InChI is InChI=1S/C17H17N3O3/c1-12-5-3-8-16(19-12)23-15-7-4-6-14(11-15)10-9-13(2)20(22)17(18)21/h3-8,11,13,22H,1-2H3,(H2,18,21). The number of urea groups is 1. The number of pyridine rings is 1. The molecule has 2 aromatic rings. The molecule has 1 heterocycles. The van der Waals surface area contributed by atoms with Crippen LogP contribution in [0, 0.1) is 18.8 Å². The number of hydrogen-bond acceptors (Lipinski definition) is 4. The molecule has 0 spiro atoms. The summed E-state index contributed by atoms with van der Waals surface area (Å²) < 4.78 is 5.68. The van der Waals surface area contributed by atoms with E-state index < -0.39 is 12.1 Å². The topological polar surface area (TPSA) is 88.7 Å². The zero-order valence-electron chi connectivity index (χ0n) is 12.9. The summed E-state index contributed by atoms with van der Waals surface area (Å²) in [5.74, 6) is 6.69. The number of nitrogens with two attached hydrogens (primary N) is 1. The molecule has 6 nitrogen and oxygen atoms in total. The molecule has 1 aromatic heterocycles. The summed E-state index contributed by atoms with van der Waals surface area (Å²) in [6.45, 7) is 3.45. The molecule has 2 amide bonds. The molecule has 23 heavy (non-hydrogen) atoms. The van der Waals surface area contributed by atoms with Gasteiger partial charge in [-0.15, -0.1) is 0 Å². The van der Waals surface area contributed by atoms with E-state index in [1.54, 1.807) is 37.3 Å². The number of aromatic nitrogens is 1. The number of hydroxylamine groups is 2. The van der Waals surface area contributed by atoms with Gasteiger partial charge >= 0.3 is 6.03 Å². The SMILES string of the molecule is Cc1cccc(Oc2cccc(C#CC(C)N(O)C(N)=O)c2)n1. The number of amides is 2. The Hall–Kier alpha value is -3.04. The second-order valence-corrected chi connectivity index (χ2v) is 4.88. The molecule has 118 valence electrons. The van der Waals surface area contributed by atoms with Gasteiger partial charge in [-0.3, -0.25) is 5.21 Å². The zero-order valence-corrected chi connectivity index (χ0v) is 12.9. The average molecular weight is 311 g/mol. The van der Waals surface area contributed by atoms with Crippen LogP contribution < -0.4 is 10.5 Å². The molecular formula is C17H17N3O3. The summed E-state index contributed by atoms with van der Waals surface area (Å²) in [5.41, 5.74) is 6.51. The first-order valence-electron chi connectivity index (χ1n) is 6.96. The molecule has 3 N–H and O–H groups in total. The van der Waals surface area contributed by atoms with Crippen molar-refractivity contribution < 1.29 is 14.7 Å². The number of aryl methyl sites for hydroxylation is 1. The van der Waals surface area contributed by atoms with E-state index in [9.17, 15) is 10.0 Å². The van der Waals surface area contributed by atoms with Gasteiger partial charge in [-0.25, -0.2) is 9.78 Å². The van der Waals surface area contributed by atoms with E-state index in [2.05, 4.69) is 16.8 Å². The first kappa shape index (κ1) is 16.3. The Labute approximate surface area is 134 Å². The van der Waals surface area contributed by atoms with Gasteiger partial charge in [0.05, 0.1) is 0 Å². The number of carbonyl (C=O) groups is 1. The molecule has 0 radical (unpaired) electrons. The number of hydrogen-bond donors (Lipinski definition) is 2. The molecule has 1 unspecified atom stereocenters. The third-order valence-corrected chi connectivity index (χ3v) is 2.94. The minimum Gasteiger partial charge on any atom is -0.439 e. The van der Waals surface area contributed by atoms with Gasteiger partial charge in [0, 0.05) is 17.3 Å². The highest BCUT2D eigenvalue weighted by Crippen LogP contribution is 2.20. The summed E-state index contributed by atoms with van der Waals surface area (Å²) in [5, 5.41) is 9.75. The largest absolute Gasteiger partial charge is 0.439 e. The van der Waals surface area contributed by atoms with Gasteiger partial charge in [0.2, 0.25) is 5.88 Å². The number of ether oxygens (including phenoxy) is 1. The molecule has 0 aliphatic rings. The molecule has 2 rings (SSSR count). The van der Waals surface area contributed by atoms with Gasteiger partial charge in [0.15, 0.2) is 0 Å². The molecule has 6 heteroatoms. The fraction of sp³-hybridized carbons (Fsp3) is 0.176. The van der Waals surface area contributed by atoms with Crippen LogP contribution in [-0.2, 0) is 0 Å². The van der Waals surface area contributed by atoms with Crippen LogP contribution in [0.4, 0.5) is 4.79 Å². The van der Waals surface area contributed by atoms with E-state index in [4.69, 9.17) is 10.5 Å². The van der Waals surface area contributed by atoms with Crippen molar-refractivity contribution in [3.63, 3.8) is 0 Å². The van der Waals surface area contributed by atoms with Gasteiger partial charge in [0.1, 0.15) is 11.8 Å². The van der Waals surface area contributed by atoms with Crippen LogP contribution in [0.2, 0.25) is 0 Å². The lowest BCUT2D eigenvalue weighted by atomic mass is 10.2. The highest BCUT2D eigenvalue weighted by Gasteiger charge is 2.11.